The fourth-order valence-electron chi connectivity index (χ4n) is 3.00. The Hall–Kier alpha value is -1.14. The van der Waals surface area contributed by atoms with Crippen molar-refractivity contribution in [2.45, 2.75) is 38.6 Å². The van der Waals surface area contributed by atoms with Crippen molar-refractivity contribution in [1.82, 2.24) is 10.2 Å². The highest BCUT2D eigenvalue weighted by Gasteiger charge is 2.22. The monoisotopic (exact) mass is 384 g/mol. The minimum Gasteiger partial charge on any atom is -0.370 e. The maximum Gasteiger partial charge on any atom is 0.188 e. The summed E-state index contributed by atoms with van der Waals surface area (Å²) in [5.74, 6) is 0.325. The quantitative estimate of drug-likeness (QED) is 0.431. The predicted molar refractivity (Wildman–Crippen MR) is 97.2 cm³/mol. The number of aryl methyl sites for hydroxylation is 1. The average molecular weight is 385 g/mol. The number of nitrogens with zero attached hydrogens (tertiary/aromatic N) is 2. The molecule has 0 aromatic heterocycles. The van der Waals surface area contributed by atoms with Gasteiger partial charge in [0.15, 0.2) is 5.96 Å². The van der Waals surface area contributed by atoms with Crippen molar-refractivity contribution in [2.75, 3.05) is 26.2 Å². The van der Waals surface area contributed by atoms with Gasteiger partial charge in [0.2, 0.25) is 0 Å². The lowest BCUT2D eigenvalue weighted by Gasteiger charge is -2.20. The number of rotatable bonds is 7. The molecule has 2 rings (SSSR count). The molecule has 1 unspecified atom stereocenters. The molecule has 23 heavy (non-hydrogen) atoms. The van der Waals surface area contributed by atoms with E-state index in [4.69, 9.17) is 5.73 Å². The van der Waals surface area contributed by atoms with Crippen LogP contribution in [-0.2, 0) is 6.42 Å². The molecular weight excluding hydrogens is 359 g/mol. The number of guanidine groups is 1. The molecule has 1 aromatic rings. The Labute approximate surface area is 146 Å². The second-order valence-electron chi connectivity index (χ2n) is 5.92. The van der Waals surface area contributed by atoms with Crippen LogP contribution in [0.4, 0.5) is 4.39 Å². The van der Waals surface area contributed by atoms with E-state index in [0.29, 0.717) is 25.0 Å². The minimum atomic E-state index is -0.165. The lowest BCUT2D eigenvalue weighted by atomic mass is 10.1. The Morgan fingerprint density at radius 2 is 2.35 bits per heavy atom. The molecule has 1 aromatic carbocycles. The summed E-state index contributed by atoms with van der Waals surface area (Å²) in [5, 5.41) is 3.12. The summed E-state index contributed by atoms with van der Waals surface area (Å²) in [5.41, 5.74) is 6.64. The summed E-state index contributed by atoms with van der Waals surface area (Å²) < 4.78 is 14.5. The smallest absolute Gasteiger partial charge is 0.188 e. The topological polar surface area (TPSA) is 53.6 Å². The van der Waals surface area contributed by atoms with Gasteiger partial charge in [0, 0.05) is 17.1 Å². The zero-order chi connectivity index (χ0) is 16.7. The summed E-state index contributed by atoms with van der Waals surface area (Å²) in [6.07, 6.45) is 3.96. The number of nitrogens with one attached hydrogen (secondary N) is 1. The summed E-state index contributed by atoms with van der Waals surface area (Å²) in [6.45, 7) is 5.89. The van der Waals surface area contributed by atoms with Crippen molar-refractivity contribution in [3.05, 3.63) is 34.1 Å². The number of hydrogen-bond donors (Lipinski definition) is 2. The van der Waals surface area contributed by atoms with E-state index in [2.05, 4.69) is 38.1 Å². The summed E-state index contributed by atoms with van der Waals surface area (Å²) in [4.78, 5) is 6.89. The molecule has 0 spiro atoms. The number of nitrogens with two attached hydrogens (primary N) is 1. The Balaban J connectivity index is 1.68. The molecule has 1 atom stereocenters. The van der Waals surface area contributed by atoms with E-state index in [0.717, 1.165) is 29.5 Å². The number of benzene rings is 1. The number of hydrogen-bond acceptors (Lipinski definition) is 2. The van der Waals surface area contributed by atoms with Crippen LogP contribution in [0.1, 0.15) is 31.7 Å². The predicted octanol–water partition coefficient (Wildman–Crippen LogP) is 2.91. The van der Waals surface area contributed by atoms with Gasteiger partial charge in [-0.25, -0.2) is 4.39 Å². The van der Waals surface area contributed by atoms with Gasteiger partial charge < -0.3 is 11.1 Å². The number of likely N-dealkylation sites (tertiary alicyclic amines) is 1. The van der Waals surface area contributed by atoms with Crippen LogP contribution in [0.5, 0.6) is 0 Å². The third-order valence-electron chi connectivity index (χ3n) is 4.32. The lowest BCUT2D eigenvalue weighted by molar-refractivity contribution is 0.273. The van der Waals surface area contributed by atoms with Gasteiger partial charge in [-0.05, 0) is 56.5 Å². The van der Waals surface area contributed by atoms with Gasteiger partial charge in [-0.2, -0.15) is 0 Å². The highest BCUT2D eigenvalue weighted by molar-refractivity contribution is 9.10. The zero-order valence-electron chi connectivity index (χ0n) is 13.7. The van der Waals surface area contributed by atoms with Crippen LogP contribution < -0.4 is 11.1 Å². The molecule has 0 bridgehead atoms. The largest absolute Gasteiger partial charge is 0.370 e. The van der Waals surface area contributed by atoms with Crippen molar-refractivity contribution >= 4 is 21.9 Å². The summed E-state index contributed by atoms with van der Waals surface area (Å²) >= 11 is 3.26. The lowest BCUT2D eigenvalue weighted by Crippen LogP contribution is -2.36. The van der Waals surface area contributed by atoms with E-state index in [-0.39, 0.29) is 5.82 Å². The molecule has 0 saturated carbocycles. The Morgan fingerprint density at radius 1 is 1.52 bits per heavy atom. The summed E-state index contributed by atoms with van der Waals surface area (Å²) in [7, 11) is 0. The van der Waals surface area contributed by atoms with E-state index in [9.17, 15) is 4.39 Å². The summed E-state index contributed by atoms with van der Waals surface area (Å²) in [6, 6.07) is 5.70. The Kier molecular flexibility index (Phi) is 7.30. The average Bonchev–Trinajstić information content (AvgIpc) is 2.98. The fourth-order valence-corrected chi connectivity index (χ4v) is 3.33. The fraction of sp³-hybridized carbons (Fsp3) is 0.588. The standard InChI is InChI=1S/C17H26BrFN4/c1-2-23-10-4-6-15(23)12-22-17(20)21-9-3-5-13-7-8-14(18)11-16(13)19/h7-8,11,15H,2-6,9-10,12H2,1H3,(H3,20,21,22). The Bertz CT molecular complexity index is 535. The van der Waals surface area contributed by atoms with Crippen molar-refractivity contribution in [1.29, 1.82) is 0 Å². The molecule has 1 fully saturated rings. The first-order chi connectivity index (χ1) is 11.1. The van der Waals surface area contributed by atoms with Crippen molar-refractivity contribution in [3.8, 4) is 0 Å². The molecule has 3 N–H and O–H groups in total. The van der Waals surface area contributed by atoms with Gasteiger partial charge >= 0.3 is 0 Å². The molecule has 6 heteroatoms. The number of likely N-dealkylation sites (N-methyl/N-ethyl adjacent to an activating group) is 1. The Morgan fingerprint density at radius 3 is 3.09 bits per heavy atom. The highest BCUT2D eigenvalue weighted by atomic mass is 79.9. The van der Waals surface area contributed by atoms with Crippen molar-refractivity contribution < 1.29 is 4.39 Å². The maximum absolute atomic E-state index is 13.7. The van der Waals surface area contributed by atoms with Gasteiger partial charge in [0.1, 0.15) is 5.82 Å². The maximum atomic E-state index is 13.7. The minimum absolute atomic E-state index is 0.165. The van der Waals surface area contributed by atoms with Crippen LogP contribution in [0.3, 0.4) is 0 Å². The third-order valence-corrected chi connectivity index (χ3v) is 4.82. The normalized spacial score (nSPS) is 19.3. The van der Waals surface area contributed by atoms with Crippen LogP contribution in [0.25, 0.3) is 0 Å². The van der Waals surface area contributed by atoms with Crippen LogP contribution in [0.15, 0.2) is 27.7 Å². The first-order valence-electron chi connectivity index (χ1n) is 8.32. The second kappa shape index (κ2) is 9.23. The number of aliphatic imine (C=N–C) groups is 1. The molecule has 1 aliphatic rings. The van der Waals surface area contributed by atoms with Gasteiger partial charge in [-0.3, -0.25) is 9.89 Å². The van der Waals surface area contributed by atoms with E-state index < -0.39 is 0 Å². The second-order valence-corrected chi connectivity index (χ2v) is 6.83. The van der Waals surface area contributed by atoms with Crippen molar-refractivity contribution in [2.24, 2.45) is 10.7 Å². The van der Waals surface area contributed by atoms with E-state index in [1.807, 2.05) is 12.1 Å². The van der Waals surface area contributed by atoms with Crippen LogP contribution in [0, 0.1) is 5.82 Å². The highest BCUT2D eigenvalue weighted by Crippen LogP contribution is 2.17. The first kappa shape index (κ1) is 18.2. The first-order valence-corrected chi connectivity index (χ1v) is 9.11. The molecule has 0 amide bonds. The van der Waals surface area contributed by atoms with Gasteiger partial charge in [-0.1, -0.05) is 28.9 Å². The van der Waals surface area contributed by atoms with E-state index in [1.165, 1.54) is 25.5 Å². The van der Waals surface area contributed by atoms with Gasteiger partial charge in [0.25, 0.3) is 0 Å². The van der Waals surface area contributed by atoms with Crippen LogP contribution in [0.2, 0.25) is 0 Å². The zero-order valence-corrected chi connectivity index (χ0v) is 15.3. The molecule has 0 radical (unpaired) electrons. The van der Waals surface area contributed by atoms with Crippen LogP contribution >= 0.6 is 15.9 Å². The van der Waals surface area contributed by atoms with E-state index in [1.54, 1.807) is 0 Å². The number of halogens is 2. The molecule has 1 aliphatic heterocycles. The molecule has 0 aliphatic carbocycles. The van der Waals surface area contributed by atoms with Crippen molar-refractivity contribution in [3.63, 3.8) is 0 Å². The molecule has 1 saturated heterocycles. The molecule has 4 nitrogen and oxygen atoms in total. The van der Waals surface area contributed by atoms with Gasteiger partial charge in [-0.15, -0.1) is 0 Å². The van der Waals surface area contributed by atoms with Gasteiger partial charge in [0.05, 0.1) is 6.54 Å². The third kappa shape index (κ3) is 5.77. The van der Waals surface area contributed by atoms with E-state index >= 15 is 0 Å². The van der Waals surface area contributed by atoms with Crippen LogP contribution in [-0.4, -0.2) is 43.1 Å². The molecule has 128 valence electrons. The molecule has 1 heterocycles. The SMILES string of the molecule is CCN1CCCC1CN=C(N)NCCCc1ccc(Br)cc1F. The molecular formula is C17H26BrFN4.